The molecule has 0 bridgehead atoms. The molecular formula is C52H38N4. The Morgan fingerprint density at radius 3 is 1.20 bits per heavy atom. The van der Waals surface area contributed by atoms with Crippen LogP contribution in [0.15, 0.2) is 231 Å². The van der Waals surface area contributed by atoms with E-state index in [1.807, 2.05) is 24.3 Å². The molecule has 56 heavy (non-hydrogen) atoms. The third kappa shape index (κ3) is 7.07. The van der Waals surface area contributed by atoms with E-state index < -0.39 is 0 Å². The number of aromatic nitrogens is 2. The molecule has 0 spiro atoms. The van der Waals surface area contributed by atoms with E-state index in [1.165, 1.54) is 5.56 Å². The lowest BCUT2D eigenvalue weighted by Crippen LogP contribution is -2.16. The summed E-state index contributed by atoms with van der Waals surface area (Å²) in [5.41, 5.74) is 12.4. The van der Waals surface area contributed by atoms with Crippen LogP contribution in [0.25, 0.3) is 44.9 Å². The quantitative estimate of drug-likeness (QED) is 0.141. The molecule has 0 aliphatic carbocycles. The number of nitrogens with zero attached hydrogens (tertiary/aromatic N) is 4. The van der Waals surface area contributed by atoms with Gasteiger partial charge in [0, 0.05) is 39.8 Å². The van der Waals surface area contributed by atoms with Crippen LogP contribution in [-0.2, 0) is 0 Å². The van der Waals surface area contributed by atoms with Crippen molar-refractivity contribution in [3.63, 3.8) is 0 Å². The van der Waals surface area contributed by atoms with E-state index in [1.54, 1.807) is 0 Å². The van der Waals surface area contributed by atoms with Crippen LogP contribution in [0.4, 0.5) is 34.3 Å². The van der Waals surface area contributed by atoms with Crippen LogP contribution in [0, 0.1) is 0 Å². The monoisotopic (exact) mass is 718 g/mol. The molecule has 0 aliphatic rings. The minimum absolute atomic E-state index is 0.652. The average Bonchev–Trinajstić information content (AvgIpc) is 3.29. The molecular weight excluding hydrogens is 681 g/mol. The summed E-state index contributed by atoms with van der Waals surface area (Å²) in [6.07, 6.45) is 0. The van der Waals surface area contributed by atoms with Crippen molar-refractivity contribution in [2.45, 2.75) is 0 Å². The normalized spacial score (nSPS) is 10.9. The molecule has 266 valence electrons. The maximum Gasteiger partial charge on any atom is 0.162 e. The van der Waals surface area contributed by atoms with E-state index >= 15 is 0 Å². The summed E-state index contributed by atoms with van der Waals surface area (Å²) in [6.45, 7) is 0. The summed E-state index contributed by atoms with van der Waals surface area (Å²) in [5, 5.41) is 0. The van der Waals surface area contributed by atoms with Crippen LogP contribution in [0.2, 0.25) is 0 Å². The second kappa shape index (κ2) is 15.8. The van der Waals surface area contributed by atoms with Gasteiger partial charge in [0.05, 0.1) is 17.1 Å². The van der Waals surface area contributed by atoms with Crippen LogP contribution in [0.3, 0.4) is 0 Å². The minimum atomic E-state index is 0.652. The third-order valence-electron chi connectivity index (χ3n) is 9.87. The maximum atomic E-state index is 5.37. The summed E-state index contributed by atoms with van der Waals surface area (Å²) in [6, 6.07) is 80.3. The number of benzene rings is 8. The van der Waals surface area contributed by atoms with Crippen molar-refractivity contribution in [2.75, 3.05) is 9.80 Å². The van der Waals surface area contributed by atoms with Gasteiger partial charge in [-0.25, -0.2) is 9.97 Å². The van der Waals surface area contributed by atoms with Crippen molar-refractivity contribution < 1.29 is 0 Å². The van der Waals surface area contributed by atoms with Gasteiger partial charge in [-0.1, -0.05) is 176 Å². The lowest BCUT2D eigenvalue weighted by atomic mass is 9.98. The van der Waals surface area contributed by atoms with Gasteiger partial charge in [0.1, 0.15) is 5.82 Å². The summed E-state index contributed by atoms with van der Waals surface area (Å²) in [5.74, 6) is 1.41. The molecule has 4 heteroatoms. The Balaban J connectivity index is 1.30. The molecule has 8 aromatic carbocycles. The van der Waals surface area contributed by atoms with Crippen LogP contribution >= 0.6 is 0 Å². The lowest BCUT2D eigenvalue weighted by molar-refractivity contribution is 1.12. The number of hydrogen-bond acceptors (Lipinski definition) is 4. The van der Waals surface area contributed by atoms with E-state index in [0.717, 1.165) is 67.8 Å². The molecule has 1 heterocycles. The molecule has 0 saturated heterocycles. The Morgan fingerprint density at radius 1 is 0.286 bits per heavy atom. The van der Waals surface area contributed by atoms with Crippen LogP contribution in [0.5, 0.6) is 0 Å². The molecule has 4 nitrogen and oxygen atoms in total. The van der Waals surface area contributed by atoms with E-state index in [-0.39, 0.29) is 0 Å². The van der Waals surface area contributed by atoms with Gasteiger partial charge >= 0.3 is 0 Å². The Bertz CT molecular complexity index is 2610. The van der Waals surface area contributed by atoms with E-state index in [9.17, 15) is 0 Å². The lowest BCUT2D eigenvalue weighted by Gasteiger charge is -2.32. The van der Waals surface area contributed by atoms with Crippen molar-refractivity contribution >= 4 is 34.3 Å². The van der Waals surface area contributed by atoms with Gasteiger partial charge in [-0.2, -0.15) is 0 Å². The Labute approximate surface area is 328 Å². The third-order valence-corrected chi connectivity index (χ3v) is 9.87. The summed E-state index contributed by atoms with van der Waals surface area (Å²) >= 11 is 0. The molecule has 1 aromatic heterocycles. The van der Waals surface area contributed by atoms with E-state index in [0.29, 0.717) is 5.82 Å². The topological polar surface area (TPSA) is 32.3 Å². The first-order chi connectivity index (χ1) is 27.8. The first kappa shape index (κ1) is 34.2. The van der Waals surface area contributed by atoms with E-state index in [4.69, 9.17) is 9.97 Å². The minimum Gasteiger partial charge on any atom is -0.310 e. The Hall–Kier alpha value is -7.56. The first-order valence-electron chi connectivity index (χ1n) is 18.8. The molecule has 0 N–H and O–H groups in total. The second-order valence-electron chi connectivity index (χ2n) is 13.5. The van der Waals surface area contributed by atoms with Crippen molar-refractivity contribution in [3.8, 4) is 44.9 Å². The Morgan fingerprint density at radius 2 is 0.679 bits per heavy atom. The maximum absolute atomic E-state index is 5.37. The molecule has 0 saturated carbocycles. The standard InChI is InChI=1S/C52H38N4/c1-7-20-39(21-8-1)40-34-36-41(37-35-40)47-38-50(54-52(53-47)43-24-11-3-12-25-43)56(46-30-17-6-18-31-46)49-33-19-32-48(51(49)42-22-9-2-10-23-42)55(44-26-13-4-14-27-44)45-28-15-5-16-29-45/h1-38H. The second-order valence-corrected chi connectivity index (χ2v) is 13.5. The highest BCUT2D eigenvalue weighted by Crippen LogP contribution is 2.48. The molecule has 9 rings (SSSR count). The average molecular weight is 719 g/mol. The van der Waals surface area contributed by atoms with Gasteiger partial charge in [-0.05, 0) is 65.2 Å². The summed E-state index contributed by atoms with van der Waals surface area (Å²) in [7, 11) is 0. The highest BCUT2D eigenvalue weighted by molar-refractivity contribution is 5.98. The number of rotatable bonds is 10. The van der Waals surface area contributed by atoms with Gasteiger partial charge in [-0.3, -0.25) is 4.90 Å². The SMILES string of the molecule is c1ccc(-c2ccc(-c3cc(N(c4ccccc4)c4cccc(N(c5ccccc5)c5ccccc5)c4-c4ccccc4)nc(-c4ccccc4)n3)cc2)cc1. The van der Waals surface area contributed by atoms with E-state index in [2.05, 4.69) is 216 Å². The van der Waals surface area contributed by atoms with Gasteiger partial charge in [-0.15, -0.1) is 0 Å². The highest BCUT2D eigenvalue weighted by atomic mass is 15.2. The molecule has 0 radical (unpaired) electrons. The zero-order chi connectivity index (χ0) is 37.5. The van der Waals surface area contributed by atoms with Crippen LogP contribution in [-0.4, -0.2) is 9.97 Å². The largest absolute Gasteiger partial charge is 0.310 e. The fourth-order valence-corrected chi connectivity index (χ4v) is 7.23. The Kier molecular flexibility index (Phi) is 9.66. The number of hydrogen-bond donors (Lipinski definition) is 0. The first-order valence-corrected chi connectivity index (χ1v) is 18.8. The van der Waals surface area contributed by atoms with Gasteiger partial charge < -0.3 is 4.90 Å². The molecule has 0 unspecified atom stereocenters. The predicted octanol–water partition coefficient (Wildman–Crippen LogP) is 14.1. The fraction of sp³-hybridized carbons (Fsp3) is 0. The zero-order valence-electron chi connectivity index (χ0n) is 30.7. The zero-order valence-corrected chi connectivity index (χ0v) is 30.7. The predicted molar refractivity (Wildman–Crippen MR) is 233 cm³/mol. The van der Waals surface area contributed by atoms with Crippen molar-refractivity contribution in [1.29, 1.82) is 0 Å². The van der Waals surface area contributed by atoms with Crippen LogP contribution < -0.4 is 9.80 Å². The molecule has 0 atom stereocenters. The smallest absolute Gasteiger partial charge is 0.162 e. The number of para-hydroxylation sites is 3. The molecule has 0 fully saturated rings. The van der Waals surface area contributed by atoms with Gasteiger partial charge in [0.2, 0.25) is 0 Å². The highest BCUT2D eigenvalue weighted by Gasteiger charge is 2.25. The molecule has 9 aromatic rings. The fourth-order valence-electron chi connectivity index (χ4n) is 7.23. The van der Waals surface area contributed by atoms with Crippen LogP contribution in [0.1, 0.15) is 0 Å². The van der Waals surface area contributed by atoms with Crippen molar-refractivity contribution in [3.05, 3.63) is 231 Å². The summed E-state index contributed by atoms with van der Waals surface area (Å²) in [4.78, 5) is 15.2. The van der Waals surface area contributed by atoms with Gasteiger partial charge in [0.25, 0.3) is 0 Å². The number of anilines is 6. The van der Waals surface area contributed by atoms with Gasteiger partial charge in [0.15, 0.2) is 5.82 Å². The van der Waals surface area contributed by atoms with Crippen molar-refractivity contribution in [2.24, 2.45) is 0 Å². The summed E-state index contributed by atoms with van der Waals surface area (Å²) < 4.78 is 0. The van der Waals surface area contributed by atoms with Crippen molar-refractivity contribution in [1.82, 2.24) is 9.97 Å². The molecule has 0 amide bonds. The molecule has 0 aliphatic heterocycles.